The first kappa shape index (κ1) is 14.1. The van der Waals surface area contributed by atoms with Gasteiger partial charge in [0.15, 0.2) is 17.4 Å². The quantitative estimate of drug-likeness (QED) is 0.577. The summed E-state index contributed by atoms with van der Waals surface area (Å²) in [5.41, 5.74) is 0. The lowest BCUT2D eigenvalue weighted by Crippen LogP contribution is -2.17. The molecule has 4 nitrogen and oxygen atoms in total. The summed E-state index contributed by atoms with van der Waals surface area (Å²) in [4.78, 5) is 22.2. The van der Waals surface area contributed by atoms with E-state index < -0.39 is 36.4 Å². The van der Waals surface area contributed by atoms with Crippen molar-refractivity contribution in [2.45, 2.75) is 13.3 Å². The molecule has 0 saturated heterocycles. The van der Waals surface area contributed by atoms with Crippen LogP contribution in [0.3, 0.4) is 0 Å². The molecule has 0 amide bonds. The van der Waals surface area contributed by atoms with Crippen LogP contribution in [0.1, 0.15) is 13.3 Å². The van der Waals surface area contributed by atoms with Crippen molar-refractivity contribution in [3.8, 4) is 5.75 Å². The maximum atomic E-state index is 12.8. The van der Waals surface area contributed by atoms with Gasteiger partial charge in [-0.15, -0.1) is 0 Å². The van der Waals surface area contributed by atoms with E-state index in [0.29, 0.717) is 0 Å². The Kier molecular flexibility index (Phi) is 5.23. The highest BCUT2D eigenvalue weighted by atomic mass is 19.2. The number of carbonyl (C=O) groups excluding carboxylic acids is 2. The second kappa shape index (κ2) is 6.68. The number of ketones is 1. The molecule has 0 saturated carbocycles. The monoisotopic (exact) mass is 258 g/mol. The van der Waals surface area contributed by atoms with Crippen molar-refractivity contribution in [3.63, 3.8) is 0 Å². The van der Waals surface area contributed by atoms with E-state index in [0.717, 1.165) is 12.1 Å². The zero-order valence-electron chi connectivity index (χ0n) is 9.74. The molecular weight excluding hydrogens is 246 g/mol. The van der Waals surface area contributed by atoms with Crippen LogP contribution < -0.4 is 4.74 Å². The van der Waals surface area contributed by atoms with Crippen molar-refractivity contribution in [1.82, 2.24) is 0 Å². The molecule has 1 aromatic rings. The molecule has 98 valence electrons. The normalized spacial score (nSPS) is 9.94. The fraction of sp³-hybridized carbons (Fsp3) is 0.333. The van der Waals surface area contributed by atoms with Crippen LogP contribution in [0.2, 0.25) is 0 Å². The molecule has 0 aliphatic heterocycles. The molecule has 0 atom stereocenters. The molecule has 0 aromatic heterocycles. The van der Waals surface area contributed by atoms with Gasteiger partial charge in [0.2, 0.25) is 0 Å². The zero-order valence-corrected chi connectivity index (χ0v) is 9.74. The molecule has 1 aromatic carbocycles. The number of Topliss-reactive ketones (excluding diaryl/α,β-unsaturated/α-hetero) is 1. The predicted molar refractivity (Wildman–Crippen MR) is 58.1 cm³/mol. The summed E-state index contributed by atoms with van der Waals surface area (Å²) in [7, 11) is 0. The molecule has 0 radical (unpaired) electrons. The Bertz CT molecular complexity index is 446. The molecule has 6 heteroatoms. The fourth-order valence-electron chi connectivity index (χ4n) is 1.15. The third kappa shape index (κ3) is 4.48. The molecule has 0 aliphatic rings. The second-order valence-corrected chi connectivity index (χ2v) is 3.39. The van der Waals surface area contributed by atoms with E-state index in [1.807, 2.05) is 0 Å². The van der Waals surface area contributed by atoms with Crippen LogP contribution in [0.25, 0.3) is 0 Å². The van der Waals surface area contributed by atoms with Gasteiger partial charge in [0.25, 0.3) is 0 Å². The zero-order chi connectivity index (χ0) is 13.5. The fourth-order valence-corrected chi connectivity index (χ4v) is 1.15. The van der Waals surface area contributed by atoms with Crippen LogP contribution in [0, 0.1) is 11.6 Å². The minimum atomic E-state index is -1.06. The van der Waals surface area contributed by atoms with E-state index in [1.54, 1.807) is 6.92 Å². The van der Waals surface area contributed by atoms with Crippen molar-refractivity contribution < 1.29 is 27.8 Å². The van der Waals surface area contributed by atoms with E-state index in [2.05, 4.69) is 4.74 Å². The molecule has 0 fully saturated rings. The molecule has 18 heavy (non-hydrogen) atoms. The maximum Gasteiger partial charge on any atom is 0.313 e. The van der Waals surface area contributed by atoms with Crippen molar-refractivity contribution in [2.75, 3.05) is 13.2 Å². The molecule has 0 bridgehead atoms. The largest absolute Gasteiger partial charge is 0.486 e. The SMILES string of the molecule is CCOC(=O)CC(=O)COc1ccc(F)c(F)c1. The maximum absolute atomic E-state index is 12.8. The Morgan fingerprint density at radius 2 is 1.94 bits per heavy atom. The lowest BCUT2D eigenvalue weighted by molar-refractivity contribution is -0.145. The van der Waals surface area contributed by atoms with Gasteiger partial charge in [-0.25, -0.2) is 8.78 Å². The number of hydrogen-bond donors (Lipinski definition) is 0. The summed E-state index contributed by atoms with van der Waals surface area (Å²) in [5.74, 6) is -3.19. The van der Waals surface area contributed by atoms with Crippen LogP contribution >= 0.6 is 0 Å². The summed E-state index contributed by atoms with van der Waals surface area (Å²) in [6.07, 6.45) is -0.405. The van der Waals surface area contributed by atoms with Gasteiger partial charge in [0, 0.05) is 6.07 Å². The number of rotatable bonds is 6. The third-order valence-electron chi connectivity index (χ3n) is 1.94. The molecule has 0 N–H and O–H groups in total. The number of benzene rings is 1. The average Bonchev–Trinajstić information content (AvgIpc) is 2.31. The average molecular weight is 258 g/mol. The minimum absolute atomic E-state index is 0.0195. The molecule has 0 heterocycles. The van der Waals surface area contributed by atoms with Gasteiger partial charge in [-0.05, 0) is 19.1 Å². The van der Waals surface area contributed by atoms with Crippen LogP contribution in [0.15, 0.2) is 18.2 Å². The summed E-state index contributed by atoms with van der Waals surface area (Å²) in [5, 5.41) is 0. The molecule has 0 spiro atoms. The first-order valence-corrected chi connectivity index (χ1v) is 5.28. The van der Waals surface area contributed by atoms with Crippen molar-refractivity contribution in [2.24, 2.45) is 0 Å². The first-order chi connectivity index (χ1) is 8.52. The summed E-state index contributed by atoms with van der Waals surface area (Å²) in [6, 6.07) is 2.91. The van der Waals surface area contributed by atoms with Gasteiger partial charge in [-0.3, -0.25) is 9.59 Å². The smallest absolute Gasteiger partial charge is 0.313 e. The van der Waals surface area contributed by atoms with Gasteiger partial charge in [0.1, 0.15) is 18.8 Å². The first-order valence-electron chi connectivity index (χ1n) is 5.28. The van der Waals surface area contributed by atoms with E-state index in [1.165, 1.54) is 6.07 Å². The Morgan fingerprint density at radius 3 is 2.56 bits per heavy atom. The Morgan fingerprint density at radius 1 is 1.22 bits per heavy atom. The van der Waals surface area contributed by atoms with Crippen LogP contribution in [0.4, 0.5) is 8.78 Å². The molecule has 1 rings (SSSR count). The van der Waals surface area contributed by atoms with Gasteiger partial charge >= 0.3 is 5.97 Å². The predicted octanol–water partition coefficient (Wildman–Crippen LogP) is 1.87. The molecular formula is C12H12F2O4. The van der Waals surface area contributed by atoms with Crippen LogP contribution in [-0.4, -0.2) is 25.0 Å². The minimum Gasteiger partial charge on any atom is -0.486 e. The lowest BCUT2D eigenvalue weighted by atomic mass is 10.3. The summed E-state index contributed by atoms with van der Waals surface area (Å²) < 4.78 is 34.9. The second-order valence-electron chi connectivity index (χ2n) is 3.39. The van der Waals surface area contributed by atoms with E-state index in [9.17, 15) is 18.4 Å². The van der Waals surface area contributed by atoms with Gasteiger partial charge in [-0.1, -0.05) is 0 Å². The van der Waals surface area contributed by atoms with Gasteiger partial charge < -0.3 is 9.47 Å². The topological polar surface area (TPSA) is 52.6 Å². The molecule has 0 aliphatic carbocycles. The standard InChI is InChI=1S/C12H12F2O4/c1-2-17-12(16)5-8(15)7-18-9-3-4-10(13)11(14)6-9/h3-4,6H,2,5,7H2,1H3. The number of esters is 1. The van der Waals surface area contributed by atoms with E-state index in [4.69, 9.17) is 4.74 Å². The number of halogens is 2. The summed E-state index contributed by atoms with van der Waals surface area (Å²) >= 11 is 0. The van der Waals surface area contributed by atoms with Crippen molar-refractivity contribution in [3.05, 3.63) is 29.8 Å². The lowest BCUT2D eigenvalue weighted by Gasteiger charge is -2.05. The van der Waals surface area contributed by atoms with Crippen molar-refractivity contribution >= 4 is 11.8 Å². The number of ether oxygens (including phenoxy) is 2. The number of hydrogen-bond acceptors (Lipinski definition) is 4. The number of carbonyl (C=O) groups is 2. The highest BCUT2D eigenvalue weighted by molar-refractivity contribution is 5.96. The highest BCUT2D eigenvalue weighted by Crippen LogP contribution is 2.15. The van der Waals surface area contributed by atoms with Crippen LogP contribution in [0.5, 0.6) is 5.75 Å². The molecule has 0 unspecified atom stereocenters. The Hall–Kier alpha value is -1.98. The van der Waals surface area contributed by atoms with Gasteiger partial charge in [-0.2, -0.15) is 0 Å². The van der Waals surface area contributed by atoms with E-state index in [-0.39, 0.29) is 12.4 Å². The summed E-state index contributed by atoms with van der Waals surface area (Å²) in [6.45, 7) is 1.42. The Labute approximate surface area is 103 Å². The van der Waals surface area contributed by atoms with Gasteiger partial charge in [0.05, 0.1) is 6.61 Å². The Balaban J connectivity index is 2.42. The van der Waals surface area contributed by atoms with E-state index >= 15 is 0 Å². The highest BCUT2D eigenvalue weighted by Gasteiger charge is 2.11. The van der Waals surface area contributed by atoms with Crippen molar-refractivity contribution in [1.29, 1.82) is 0 Å². The van der Waals surface area contributed by atoms with Crippen LogP contribution in [-0.2, 0) is 14.3 Å². The third-order valence-corrected chi connectivity index (χ3v) is 1.94.